The predicted molar refractivity (Wildman–Crippen MR) is 76.7 cm³/mol. The van der Waals surface area contributed by atoms with Gasteiger partial charge in [-0.15, -0.1) is 0 Å². The molecule has 0 aliphatic rings. The molecule has 0 saturated carbocycles. The number of hydrogen-bond acceptors (Lipinski definition) is 5. The van der Waals surface area contributed by atoms with E-state index in [2.05, 4.69) is 10.5 Å². The Kier molecular flexibility index (Phi) is 4.23. The maximum absolute atomic E-state index is 12.0. The third-order valence-electron chi connectivity index (χ3n) is 2.76. The van der Waals surface area contributed by atoms with E-state index in [4.69, 9.17) is 16.1 Å². The van der Waals surface area contributed by atoms with E-state index < -0.39 is 10.8 Å². The van der Waals surface area contributed by atoms with Crippen molar-refractivity contribution < 1.29 is 14.2 Å². The second-order valence-electron chi connectivity index (χ2n) is 4.65. The lowest BCUT2D eigenvalue weighted by molar-refractivity contribution is -0.384. The molecule has 0 saturated heterocycles. The van der Waals surface area contributed by atoms with Gasteiger partial charge in [0, 0.05) is 17.7 Å². The summed E-state index contributed by atoms with van der Waals surface area (Å²) < 4.78 is 4.98. The van der Waals surface area contributed by atoms with Crippen LogP contribution in [0.4, 0.5) is 11.6 Å². The molecule has 110 valence electrons. The molecule has 0 fully saturated rings. The number of carbonyl (C=O) groups is 1. The second-order valence-corrected chi connectivity index (χ2v) is 5.06. The molecule has 0 radical (unpaired) electrons. The number of benzene rings is 1. The number of nitro benzene ring substituents is 1. The van der Waals surface area contributed by atoms with Crippen molar-refractivity contribution in [2.45, 2.75) is 19.8 Å². The fourth-order valence-electron chi connectivity index (χ4n) is 1.60. The molecule has 0 atom stereocenters. The second kappa shape index (κ2) is 5.92. The molecule has 2 aromatic rings. The van der Waals surface area contributed by atoms with Gasteiger partial charge in [0.1, 0.15) is 5.02 Å². The first-order valence-electron chi connectivity index (χ1n) is 6.10. The van der Waals surface area contributed by atoms with E-state index in [1.165, 1.54) is 12.1 Å². The van der Waals surface area contributed by atoms with Gasteiger partial charge in [0.2, 0.25) is 5.88 Å². The third kappa shape index (κ3) is 3.38. The molecule has 7 nitrogen and oxygen atoms in total. The summed E-state index contributed by atoms with van der Waals surface area (Å²) in [5, 5.41) is 17.1. The Bertz CT molecular complexity index is 696. The summed E-state index contributed by atoms with van der Waals surface area (Å²) in [7, 11) is 0. The van der Waals surface area contributed by atoms with Crippen LogP contribution in [0.5, 0.6) is 0 Å². The van der Waals surface area contributed by atoms with E-state index in [1.54, 1.807) is 6.07 Å². The van der Waals surface area contributed by atoms with E-state index in [1.807, 2.05) is 13.8 Å². The monoisotopic (exact) mass is 309 g/mol. The molecular weight excluding hydrogens is 298 g/mol. The normalized spacial score (nSPS) is 10.7. The highest BCUT2D eigenvalue weighted by Crippen LogP contribution is 2.25. The molecule has 1 amide bonds. The topological polar surface area (TPSA) is 98.3 Å². The molecule has 21 heavy (non-hydrogen) atoms. The maximum atomic E-state index is 12.0. The number of halogens is 1. The zero-order valence-electron chi connectivity index (χ0n) is 11.3. The Labute approximate surface area is 125 Å². The van der Waals surface area contributed by atoms with Crippen LogP contribution in [0.15, 0.2) is 28.8 Å². The SMILES string of the molecule is CC(C)c1cc(NC(=O)c2ccc(Cl)c([N+](=O)[O-])c2)on1. The number of amides is 1. The lowest BCUT2D eigenvalue weighted by Crippen LogP contribution is -2.11. The van der Waals surface area contributed by atoms with Crippen LogP contribution in [0.1, 0.15) is 35.8 Å². The molecule has 1 N–H and O–H groups in total. The van der Waals surface area contributed by atoms with Gasteiger partial charge in [-0.25, -0.2) is 0 Å². The van der Waals surface area contributed by atoms with Gasteiger partial charge in [-0.2, -0.15) is 0 Å². The Morgan fingerprint density at radius 2 is 2.14 bits per heavy atom. The predicted octanol–water partition coefficient (Wildman–Crippen LogP) is 3.61. The minimum Gasteiger partial charge on any atom is -0.338 e. The van der Waals surface area contributed by atoms with E-state index in [0.717, 1.165) is 6.07 Å². The van der Waals surface area contributed by atoms with Crippen LogP contribution < -0.4 is 5.32 Å². The first kappa shape index (κ1) is 15.0. The highest BCUT2D eigenvalue weighted by molar-refractivity contribution is 6.32. The van der Waals surface area contributed by atoms with E-state index >= 15 is 0 Å². The lowest BCUT2D eigenvalue weighted by Gasteiger charge is -2.02. The van der Waals surface area contributed by atoms with Crippen molar-refractivity contribution in [3.63, 3.8) is 0 Å². The van der Waals surface area contributed by atoms with Crippen molar-refractivity contribution >= 4 is 29.1 Å². The number of hydrogen-bond donors (Lipinski definition) is 1. The highest BCUT2D eigenvalue weighted by atomic mass is 35.5. The molecule has 1 aromatic heterocycles. The Hall–Kier alpha value is -2.41. The van der Waals surface area contributed by atoms with Gasteiger partial charge in [0.05, 0.1) is 10.6 Å². The first-order chi connectivity index (χ1) is 9.88. The Balaban J connectivity index is 2.20. The summed E-state index contributed by atoms with van der Waals surface area (Å²) in [6.45, 7) is 3.87. The number of aromatic nitrogens is 1. The van der Waals surface area contributed by atoms with Crippen LogP contribution in [0.25, 0.3) is 0 Å². The van der Waals surface area contributed by atoms with E-state index in [9.17, 15) is 14.9 Å². The fraction of sp³-hybridized carbons (Fsp3) is 0.231. The van der Waals surface area contributed by atoms with Gasteiger partial charge < -0.3 is 4.52 Å². The summed E-state index contributed by atoms with van der Waals surface area (Å²) in [6.07, 6.45) is 0. The summed E-state index contributed by atoms with van der Waals surface area (Å²) in [5.74, 6) is -0.196. The summed E-state index contributed by atoms with van der Waals surface area (Å²) in [4.78, 5) is 22.2. The van der Waals surface area contributed by atoms with Gasteiger partial charge in [0.15, 0.2) is 0 Å². The first-order valence-corrected chi connectivity index (χ1v) is 6.48. The Morgan fingerprint density at radius 3 is 2.71 bits per heavy atom. The van der Waals surface area contributed by atoms with Crippen molar-refractivity contribution in [2.75, 3.05) is 5.32 Å². The number of anilines is 1. The van der Waals surface area contributed by atoms with Gasteiger partial charge >= 0.3 is 0 Å². The van der Waals surface area contributed by atoms with Crippen LogP contribution in [0.3, 0.4) is 0 Å². The molecule has 0 spiro atoms. The van der Waals surface area contributed by atoms with Crippen molar-refractivity contribution in [3.05, 3.63) is 50.7 Å². The average Bonchev–Trinajstić information content (AvgIpc) is 2.87. The molecule has 1 aromatic carbocycles. The molecule has 1 heterocycles. The molecule has 2 rings (SSSR count). The smallest absolute Gasteiger partial charge is 0.288 e. The standard InChI is InChI=1S/C13H12ClN3O4/c1-7(2)10-6-12(21-16-10)15-13(18)8-3-4-9(14)11(5-8)17(19)20/h3-7H,1-2H3,(H,15,18). The van der Waals surface area contributed by atoms with Crippen LogP contribution in [0.2, 0.25) is 5.02 Å². The number of nitrogens with one attached hydrogen (secondary N) is 1. The maximum Gasteiger partial charge on any atom is 0.288 e. The Morgan fingerprint density at radius 1 is 1.43 bits per heavy atom. The van der Waals surface area contributed by atoms with Crippen molar-refractivity contribution in [1.29, 1.82) is 0 Å². The van der Waals surface area contributed by atoms with Crippen LogP contribution >= 0.6 is 11.6 Å². The van der Waals surface area contributed by atoms with Gasteiger partial charge in [-0.3, -0.25) is 20.2 Å². The molecular formula is C13H12ClN3O4. The zero-order valence-corrected chi connectivity index (χ0v) is 12.0. The largest absolute Gasteiger partial charge is 0.338 e. The average molecular weight is 310 g/mol. The van der Waals surface area contributed by atoms with Crippen molar-refractivity contribution in [2.24, 2.45) is 0 Å². The van der Waals surface area contributed by atoms with Crippen molar-refractivity contribution in [3.8, 4) is 0 Å². The van der Waals surface area contributed by atoms with Crippen LogP contribution in [-0.4, -0.2) is 16.0 Å². The third-order valence-corrected chi connectivity index (χ3v) is 3.08. The number of nitrogens with zero attached hydrogens (tertiary/aromatic N) is 2. The lowest BCUT2D eigenvalue weighted by atomic mass is 10.1. The van der Waals surface area contributed by atoms with E-state index in [0.29, 0.717) is 5.69 Å². The number of nitro groups is 1. The van der Waals surface area contributed by atoms with Crippen molar-refractivity contribution in [1.82, 2.24) is 5.16 Å². The highest BCUT2D eigenvalue weighted by Gasteiger charge is 2.17. The summed E-state index contributed by atoms with van der Waals surface area (Å²) in [6, 6.07) is 5.41. The fourth-order valence-corrected chi connectivity index (χ4v) is 1.78. The van der Waals surface area contributed by atoms with Gasteiger partial charge in [-0.1, -0.05) is 30.6 Å². The minimum absolute atomic E-state index is 0.0293. The molecule has 0 bridgehead atoms. The van der Waals surface area contributed by atoms with Crippen LogP contribution in [-0.2, 0) is 0 Å². The zero-order chi connectivity index (χ0) is 15.6. The molecule has 0 aliphatic heterocycles. The van der Waals surface area contributed by atoms with Gasteiger partial charge in [-0.05, 0) is 18.1 Å². The molecule has 0 unspecified atom stereocenters. The van der Waals surface area contributed by atoms with E-state index in [-0.39, 0.29) is 28.1 Å². The molecule has 0 aliphatic carbocycles. The minimum atomic E-state index is -0.648. The number of carbonyl (C=O) groups excluding carboxylic acids is 1. The summed E-state index contributed by atoms with van der Waals surface area (Å²) >= 11 is 5.69. The number of rotatable bonds is 4. The molecule has 8 heteroatoms. The quantitative estimate of drug-likeness (QED) is 0.687. The van der Waals surface area contributed by atoms with Crippen LogP contribution in [0, 0.1) is 10.1 Å². The summed E-state index contributed by atoms with van der Waals surface area (Å²) in [5.41, 5.74) is 0.478. The van der Waals surface area contributed by atoms with Gasteiger partial charge in [0.25, 0.3) is 11.6 Å².